The van der Waals surface area contributed by atoms with Crippen LogP contribution in [-0.2, 0) is 16.3 Å². The monoisotopic (exact) mass is 270 g/mol. The Balaban J connectivity index is 2.09. The van der Waals surface area contributed by atoms with Crippen LogP contribution in [0.15, 0.2) is 15.9 Å². The first-order valence-electron chi connectivity index (χ1n) is 5.59. The van der Waals surface area contributed by atoms with Crippen molar-refractivity contribution in [3.8, 4) is 0 Å². The van der Waals surface area contributed by atoms with Crippen LogP contribution in [0.3, 0.4) is 0 Å². The number of carbonyl (C=O) groups is 1. The van der Waals surface area contributed by atoms with Gasteiger partial charge in [-0.15, -0.1) is 0 Å². The minimum atomic E-state index is -3.17. The largest absolute Gasteiger partial charge is 0.435 e. The van der Waals surface area contributed by atoms with Crippen molar-refractivity contribution in [1.82, 2.24) is 10.3 Å². The molecular weight excluding hydrogens is 256 g/mol. The van der Waals surface area contributed by atoms with Crippen LogP contribution in [-0.4, -0.2) is 31.1 Å². The van der Waals surface area contributed by atoms with Crippen molar-refractivity contribution >= 4 is 15.7 Å². The second kappa shape index (κ2) is 4.56. The summed E-state index contributed by atoms with van der Waals surface area (Å²) in [5.41, 5.74) is 0.509. The summed E-state index contributed by atoms with van der Waals surface area (Å²) in [5.74, 6) is 0.0928. The molecular formula is C11H14N2O4S. The normalized spacial score (nSPS) is 21.1. The molecule has 0 radical (unpaired) electrons. The van der Waals surface area contributed by atoms with Crippen LogP contribution in [0.1, 0.15) is 29.1 Å². The van der Waals surface area contributed by atoms with E-state index in [4.69, 9.17) is 4.42 Å². The summed E-state index contributed by atoms with van der Waals surface area (Å²) in [5, 5.41) is 3.70. The molecule has 1 aliphatic rings. The molecule has 0 fully saturated rings. The van der Waals surface area contributed by atoms with Crippen molar-refractivity contribution in [2.75, 3.05) is 5.75 Å². The minimum Gasteiger partial charge on any atom is -0.435 e. The molecule has 98 valence electrons. The van der Waals surface area contributed by atoms with Crippen molar-refractivity contribution in [2.24, 2.45) is 0 Å². The van der Waals surface area contributed by atoms with E-state index in [1.54, 1.807) is 6.92 Å². The lowest BCUT2D eigenvalue weighted by Gasteiger charge is -2.08. The quantitative estimate of drug-likeness (QED) is 0.868. The smallest absolute Gasteiger partial charge is 0.289 e. The molecule has 1 atom stereocenters. The van der Waals surface area contributed by atoms with E-state index in [2.05, 4.69) is 10.3 Å². The van der Waals surface area contributed by atoms with Crippen LogP contribution < -0.4 is 5.32 Å². The van der Waals surface area contributed by atoms with Gasteiger partial charge in [0.2, 0.25) is 5.76 Å². The zero-order chi connectivity index (χ0) is 13.3. The lowest BCUT2D eigenvalue weighted by atomic mass is 10.3. The lowest BCUT2D eigenvalue weighted by molar-refractivity contribution is 0.0917. The minimum absolute atomic E-state index is 0.105. The van der Waals surface area contributed by atoms with Gasteiger partial charge in [-0.2, -0.15) is 0 Å². The first kappa shape index (κ1) is 12.8. The average molecular weight is 270 g/mol. The number of hydrogen-bond donors (Lipinski definition) is 1. The molecule has 1 amide bonds. The Bertz CT molecular complexity index is 601. The molecule has 0 bridgehead atoms. The fourth-order valence-electron chi connectivity index (χ4n) is 1.71. The van der Waals surface area contributed by atoms with Gasteiger partial charge >= 0.3 is 0 Å². The van der Waals surface area contributed by atoms with E-state index in [1.807, 2.05) is 6.92 Å². The molecule has 18 heavy (non-hydrogen) atoms. The van der Waals surface area contributed by atoms with E-state index in [0.717, 1.165) is 5.41 Å². The van der Waals surface area contributed by atoms with Gasteiger partial charge in [0.25, 0.3) is 5.91 Å². The number of sulfone groups is 1. The molecule has 1 N–H and O–H groups in total. The summed E-state index contributed by atoms with van der Waals surface area (Å²) in [6, 6.07) is -0.503. The van der Waals surface area contributed by atoms with Gasteiger partial charge in [0, 0.05) is 11.8 Å². The number of carbonyl (C=O) groups excluding carboxylic acids is 1. The Hall–Kier alpha value is -1.63. The Labute approximate surface area is 105 Å². The van der Waals surface area contributed by atoms with Crippen molar-refractivity contribution < 1.29 is 17.6 Å². The second-order valence-electron chi connectivity index (χ2n) is 4.11. The number of rotatable bonds is 3. The first-order valence-corrected chi connectivity index (χ1v) is 7.31. The van der Waals surface area contributed by atoms with Crippen LogP contribution >= 0.6 is 0 Å². The molecule has 0 aromatic carbocycles. The fraction of sp³-hybridized carbons (Fsp3) is 0.455. The van der Waals surface area contributed by atoms with Crippen LogP contribution in [0.25, 0.3) is 0 Å². The standard InChI is InChI=1S/C11H14N2O4S/c1-3-9-12-7(2)10(17-9)11(14)13-8-4-5-18(15,16)6-8/h4-5,8H,3,6H2,1-2H3,(H,13,14)/t8-/m1/s1. The zero-order valence-electron chi connectivity index (χ0n) is 10.1. The molecule has 6 nitrogen and oxygen atoms in total. The van der Waals surface area contributed by atoms with Crippen molar-refractivity contribution in [2.45, 2.75) is 26.3 Å². The molecule has 0 unspecified atom stereocenters. The number of nitrogens with zero attached hydrogens (tertiary/aromatic N) is 1. The molecule has 0 saturated carbocycles. The number of oxazole rings is 1. The highest BCUT2D eigenvalue weighted by molar-refractivity contribution is 7.94. The number of aryl methyl sites for hydroxylation is 2. The third-order valence-corrected chi connectivity index (χ3v) is 3.99. The molecule has 2 heterocycles. The van der Waals surface area contributed by atoms with Crippen molar-refractivity contribution in [3.05, 3.63) is 28.8 Å². The lowest BCUT2D eigenvalue weighted by Crippen LogP contribution is -2.35. The number of aromatic nitrogens is 1. The number of hydrogen-bond acceptors (Lipinski definition) is 5. The zero-order valence-corrected chi connectivity index (χ0v) is 11.0. The Morgan fingerprint density at radius 3 is 2.83 bits per heavy atom. The van der Waals surface area contributed by atoms with Gasteiger partial charge in [-0.25, -0.2) is 13.4 Å². The van der Waals surface area contributed by atoms with E-state index >= 15 is 0 Å². The highest BCUT2D eigenvalue weighted by atomic mass is 32.2. The van der Waals surface area contributed by atoms with E-state index < -0.39 is 21.8 Å². The molecule has 0 spiro atoms. The predicted octanol–water partition coefficient (Wildman–Crippen LogP) is 0.586. The maximum atomic E-state index is 11.9. The van der Waals surface area contributed by atoms with E-state index in [-0.39, 0.29) is 11.5 Å². The maximum absolute atomic E-state index is 11.9. The summed E-state index contributed by atoms with van der Waals surface area (Å²) in [6.07, 6.45) is 2.06. The second-order valence-corrected chi connectivity index (χ2v) is 6.04. The number of amides is 1. The fourth-order valence-corrected chi connectivity index (χ4v) is 2.95. The van der Waals surface area contributed by atoms with Crippen molar-refractivity contribution in [3.63, 3.8) is 0 Å². The third-order valence-electron chi connectivity index (χ3n) is 2.60. The topological polar surface area (TPSA) is 89.3 Å². The molecule has 0 aliphatic carbocycles. The van der Waals surface area contributed by atoms with Gasteiger partial charge in [0.15, 0.2) is 15.7 Å². The van der Waals surface area contributed by atoms with E-state index in [0.29, 0.717) is 18.0 Å². The van der Waals surface area contributed by atoms with E-state index in [1.165, 1.54) is 6.08 Å². The molecule has 7 heteroatoms. The molecule has 1 aromatic rings. The summed E-state index contributed by atoms with van der Waals surface area (Å²) >= 11 is 0. The Morgan fingerprint density at radius 2 is 2.33 bits per heavy atom. The van der Waals surface area contributed by atoms with Crippen LogP contribution in [0.2, 0.25) is 0 Å². The van der Waals surface area contributed by atoms with Gasteiger partial charge in [-0.05, 0) is 13.0 Å². The average Bonchev–Trinajstić information content (AvgIpc) is 2.81. The van der Waals surface area contributed by atoms with Gasteiger partial charge < -0.3 is 9.73 Å². The van der Waals surface area contributed by atoms with Gasteiger partial charge in [-0.1, -0.05) is 6.92 Å². The molecule has 1 aliphatic heterocycles. The summed E-state index contributed by atoms with van der Waals surface area (Å²) < 4.78 is 27.7. The van der Waals surface area contributed by atoms with Crippen LogP contribution in [0, 0.1) is 6.92 Å². The van der Waals surface area contributed by atoms with Crippen LogP contribution in [0.4, 0.5) is 0 Å². The molecule has 1 aromatic heterocycles. The van der Waals surface area contributed by atoms with Gasteiger partial charge in [0.1, 0.15) is 0 Å². The highest BCUT2D eigenvalue weighted by Crippen LogP contribution is 2.13. The first-order chi connectivity index (χ1) is 8.41. The number of nitrogens with one attached hydrogen (secondary N) is 1. The predicted molar refractivity (Wildman–Crippen MR) is 64.8 cm³/mol. The van der Waals surface area contributed by atoms with E-state index in [9.17, 15) is 13.2 Å². The van der Waals surface area contributed by atoms with Gasteiger partial charge in [-0.3, -0.25) is 4.79 Å². The molecule has 2 rings (SSSR count). The summed E-state index contributed by atoms with van der Waals surface area (Å²) in [6.45, 7) is 3.55. The third kappa shape index (κ3) is 2.61. The van der Waals surface area contributed by atoms with Crippen molar-refractivity contribution in [1.29, 1.82) is 0 Å². The maximum Gasteiger partial charge on any atom is 0.289 e. The summed E-state index contributed by atoms with van der Waals surface area (Å²) in [7, 11) is -3.17. The Morgan fingerprint density at radius 1 is 1.61 bits per heavy atom. The Kier molecular flexibility index (Phi) is 3.25. The van der Waals surface area contributed by atoms with Gasteiger partial charge in [0.05, 0.1) is 17.5 Å². The molecule has 0 saturated heterocycles. The highest BCUT2D eigenvalue weighted by Gasteiger charge is 2.25. The van der Waals surface area contributed by atoms with Crippen LogP contribution in [0.5, 0.6) is 0 Å². The SMILES string of the molecule is CCc1nc(C)c(C(=O)N[C@@H]2C=CS(=O)(=O)C2)o1. The summed E-state index contributed by atoms with van der Waals surface area (Å²) in [4.78, 5) is 16.0.